The molecule has 150 valence electrons. The highest BCUT2D eigenvalue weighted by molar-refractivity contribution is 5.68. The Morgan fingerprint density at radius 1 is 0.931 bits per heavy atom. The maximum absolute atomic E-state index is 12.3. The minimum absolute atomic E-state index is 0.157. The van der Waals surface area contributed by atoms with E-state index in [4.69, 9.17) is 4.74 Å². The first kappa shape index (κ1) is 20.4. The van der Waals surface area contributed by atoms with Crippen molar-refractivity contribution in [2.24, 2.45) is 0 Å². The zero-order valence-corrected chi connectivity index (χ0v) is 16.3. The highest BCUT2D eigenvalue weighted by atomic mass is 16.5. The second kappa shape index (κ2) is 9.26. The van der Waals surface area contributed by atoms with E-state index in [2.05, 4.69) is 5.32 Å². The standard InChI is InChI=1S/C24H25NO4/c1-2-29-23(27)25-22(17-18-13-15-21(26)16-14-18)24(28,19-9-5-3-6-10-19)20-11-7-4-8-12-20/h3-16,22,26,28H,2,17H2,1H3,(H,25,27)/t22-/m0/s1. The molecule has 0 unspecified atom stereocenters. The monoisotopic (exact) mass is 391 g/mol. The summed E-state index contributed by atoms with van der Waals surface area (Å²) in [6, 6.07) is 24.5. The van der Waals surface area contributed by atoms with Crippen molar-refractivity contribution in [1.29, 1.82) is 0 Å². The second-order valence-corrected chi connectivity index (χ2v) is 6.79. The SMILES string of the molecule is CCOC(=O)N[C@@H](Cc1ccc(O)cc1)C(O)(c1ccccc1)c1ccccc1. The van der Waals surface area contributed by atoms with Crippen LogP contribution in [0.5, 0.6) is 5.75 Å². The van der Waals surface area contributed by atoms with Gasteiger partial charge in [-0.05, 0) is 42.2 Å². The maximum atomic E-state index is 12.3. The lowest BCUT2D eigenvalue weighted by Gasteiger charge is -2.37. The third kappa shape index (κ3) is 4.76. The zero-order chi connectivity index (χ0) is 20.7. The fourth-order valence-electron chi connectivity index (χ4n) is 3.44. The van der Waals surface area contributed by atoms with Crippen LogP contribution in [-0.2, 0) is 16.8 Å². The summed E-state index contributed by atoms with van der Waals surface area (Å²) in [6.45, 7) is 1.96. The first-order valence-electron chi connectivity index (χ1n) is 9.58. The van der Waals surface area contributed by atoms with Crippen LogP contribution in [-0.4, -0.2) is 29.0 Å². The molecular weight excluding hydrogens is 366 g/mol. The molecule has 5 nitrogen and oxygen atoms in total. The Morgan fingerprint density at radius 2 is 1.45 bits per heavy atom. The molecule has 0 aliphatic carbocycles. The van der Waals surface area contributed by atoms with Crippen LogP contribution in [0.3, 0.4) is 0 Å². The van der Waals surface area contributed by atoms with Gasteiger partial charge in [-0.25, -0.2) is 4.79 Å². The fourth-order valence-corrected chi connectivity index (χ4v) is 3.44. The molecule has 0 aliphatic rings. The first-order valence-corrected chi connectivity index (χ1v) is 9.58. The summed E-state index contributed by atoms with van der Waals surface area (Å²) < 4.78 is 5.09. The number of hydrogen-bond acceptors (Lipinski definition) is 4. The van der Waals surface area contributed by atoms with Crippen LogP contribution in [0.4, 0.5) is 4.79 Å². The summed E-state index contributed by atoms with van der Waals surface area (Å²) in [4.78, 5) is 12.3. The average molecular weight is 391 g/mol. The summed E-state index contributed by atoms with van der Waals surface area (Å²) in [5, 5.41) is 24.5. The van der Waals surface area contributed by atoms with E-state index in [9.17, 15) is 15.0 Å². The number of benzene rings is 3. The number of phenolic OH excluding ortho intramolecular Hbond substituents is 1. The molecule has 3 aromatic carbocycles. The summed E-state index contributed by atoms with van der Waals surface area (Å²) >= 11 is 0. The zero-order valence-electron chi connectivity index (χ0n) is 16.3. The van der Waals surface area contributed by atoms with Gasteiger partial charge < -0.3 is 20.3 Å². The molecule has 5 heteroatoms. The maximum Gasteiger partial charge on any atom is 0.407 e. The smallest absolute Gasteiger partial charge is 0.407 e. The van der Waals surface area contributed by atoms with E-state index in [1.54, 1.807) is 31.2 Å². The summed E-state index contributed by atoms with van der Waals surface area (Å²) in [5.74, 6) is 0.157. The van der Waals surface area contributed by atoms with Gasteiger partial charge in [-0.2, -0.15) is 0 Å². The third-order valence-corrected chi connectivity index (χ3v) is 4.88. The highest BCUT2D eigenvalue weighted by Crippen LogP contribution is 2.35. The molecule has 3 N–H and O–H groups in total. The van der Waals surface area contributed by atoms with Crippen molar-refractivity contribution in [2.45, 2.75) is 25.0 Å². The van der Waals surface area contributed by atoms with Gasteiger partial charge in [-0.15, -0.1) is 0 Å². The Labute approximate surface area is 170 Å². The van der Waals surface area contributed by atoms with Crippen molar-refractivity contribution in [3.05, 3.63) is 102 Å². The minimum atomic E-state index is -1.49. The van der Waals surface area contributed by atoms with Crippen LogP contribution < -0.4 is 5.32 Å². The fraction of sp³-hybridized carbons (Fsp3) is 0.208. The third-order valence-electron chi connectivity index (χ3n) is 4.88. The molecule has 0 aliphatic heterocycles. The number of ether oxygens (including phenoxy) is 1. The molecule has 0 fully saturated rings. The number of alkyl carbamates (subject to hydrolysis) is 1. The van der Waals surface area contributed by atoms with Gasteiger partial charge in [0.2, 0.25) is 0 Å². The lowest BCUT2D eigenvalue weighted by atomic mass is 9.78. The number of hydrogen-bond donors (Lipinski definition) is 3. The molecule has 0 heterocycles. The predicted molar refractivity (Wildman–Crippen MR) is 112 cm³/mol. The molecule has 0 bridgehead atoms. The molecular formula is C24H25NO4. The molecule has 3 rings (SSSR count). The molecule has 3 aromatic rings. The number of aromatic hydroxyl groups is 1. The van der Waals surface area contributed by atoms with E-state index in [0.29, 0.717) is 17.5 Å². The van der Waals surface area contributed by atoms with Gasteiger partial charge in [0.1, 0.15) is 11.4 Å². The molecule has 1 atom stereocenters. The van der Waals surface area contributed by atoms with Crippen LogP contribution in [0.2, 0.25) is 0 Å². The molecule has 0 spiro atoms. The number of amides is 1. The van der Waals surface area contributed by atoms with Crippen LogP contribution in [0.1, 0.15) is 23.6 Å². The van der Waals surface area contributed by atoms with Gasteiger partial charge in [-0.1, -0.05) is 72.8 Å². The minimum Gasteiger partial charge on any atom is -0.508 e. The van der Waals surface area contributed by atoms with E-state index >= 15 is 0 Å². The van der Waals surface area contributed by atoms with Crippen LogP contribution in [0, 0.1) is 0 Å². The Kier molecular flexibility index (Phi) is 6.52. The van der Waals surface area contributed by atoms with Crippen molar-refractivity contribution < 1.29 is 19.7 Å². The first-order chi connectivity index (χ1) is 14.0. The molecule has 0 radical (unpaired) electrons. The van der Waals surface area contributed by atoms with Crippen LogP contribution in [0.15, 0.2) is 84.9 Å². The average Bonchev–Trinajstić information content (AvgIpc) is 2.75. The van der Waals surface area contributed by atoms with E-state index in [-0.39, 0.29) is 12.4 Å². The van der Waals surface area contributed by atoms with E-state index in [1.807, 2.05) is 60.7 Å². The number of phenols is 1. The Morgan fingerprint density at radius 3 is 1.93 bits per heavy atom. The summed E-state index contributed by atoms with van der Waals surface area (Å²) in [7, 11) is 0. The van der Waals surface area contributed by atoms with Crippen LogP contribution >= 0.6 is 0 Å². The van der Waals surface area contributed by atoms with Crippen molar-refractivity contribution in [3.63, 3.8) is 0 Å². The van der Waals surface area contributed by atoms with E-state index in [1.165, 1.54) is 0 Å². The van der Waals surface area contributed by atoms with Crippen molar-refractivity contribution in [3.8, 4) is 5.75 Å². The molecule has 0 aromatic heterocycles. The second-order valence-electron chi connectivity index (χ2n) is 6.79. The number of aliphatic hydroxyl groups is 1. The lowest BCUT2D eigenvalue weighted by molar-refractivity contribution is 0.0343. The molecule has 29 heavy (non-hydrogen) atoms. The predicted octanol–water partition coefficient (Wildman–Crippen LogP) is 3.99. The van der Waals surface area contributed by atoms with Gasteiger partial charge in [0, 0.05) is 0 Å². The number of nitrogens with one attached hydrogen (secondary N) is 1. The Hall–Kier alpha value is -3.31. The normalized spacial score (nSPS) is 12.2. The van der Waals surface area contributed by atoms with Crippen molar-refractivity contribution in [2.75, 3.05) is 6.61 Å². The largest absolute Gasteiger partial charge is 0.508 e. The molecule has 0 saturated carbocycles. The lowest BCUT2D eigenvalue weighted by Crippen LogP contribution is -2.52. The number of carbonyl (C=O) groups excluding carboxylic acids is 1. The molecule has 0 saturated heterocycles. The van der Waals surface area contributed by atoms with Gasteiger partial charge in [0.05, 0.1) is 12.6 Å². The van der Waals surface area contributed by atoms with Crippen LogP contribution in [0.25, 0.3) is 0 Å². The van der Waals surface area contributed by atoms with Crippen molar-refractivity contribution in [1.82, 2.24) is 5.32 Å². The quantitative estimate of drug-likeness (QED) is 0.569. The van der Waals surface area contributed by atoms with E-state index in [0.717, 1.165) is 5.56 Å². The number of carbonyl (C=O) groups is 1. The Balaban J connectivity index is 2.08. The number of rotatable bonds is 7. The summed E-state index contributed by atoms with van der Waals surface area (Å²) in [5.41, 5.74) is 0.682. The van der Waals surface area contributed by atoms with Gasteiger partial charge in [0.15, 0.2) is 0 Å². The van der Waals surface area contributed by atoms with Gasteiger partial charge in [0.25, 0.3) is 0 Å². The van der Waals surface area contributed by atoms with Crippen molar-refractivity contribution >= 4 is 6.09 Å². The van der Waals surface area contributed by atoms with E-state index < -0.39 is 17.7 Å². The topological polar surface area (TPSA) is 78.8 Å². The van der Waals surface area contributed by atoms with Gasteiger partial charge >= 0.3 is 6.09 Å². The Bertz CT molecular complexity index is 871. The summed E-state index contributed by atoms with van der Waals surface area (Å²) in [6.07, 6.45) is -0.263. The van der Waals surface area contributed by atoms with Gasteiger partial charge in [-0.3, -0.25) is 0 Å². The highest BCUT2D eigenvalue weighted by Gasteiger charge is 2.41. The molecule has 1 amide bonds.